The summed E-state index contributed by atoms with van der Waals surface area (Å²) in [7, 11) is 1.31. The van der Waals surface area contributed by atoms with Crippen LogP contribution in [-0.4, -0.2) is 71.0 Å². The summed E-state index contributed by atoms with van der Waals surface area (Å²) in [6.07, 6.45) is -3.57. The normalized spacial score (nSPS) is 22.1. The first-order chi connectivity index (χ1) is 19.0. The fourth-order valence-corrected chi connectivity index (χ4v) is 3.83. The third-order valence-electron chi connectivity index (χ3n) is 5.98. The lowest BCUT2D eigenvalue weighted by atomic mass is 9.94. The molecule has 1 aliphatic rings. The number of hydrogen-bond donors (Lipinski definition) is 3. The summed E-state index contributed by atoms with van der Waals surface area (Å²) in [5.74, 6) is -5.57. The molecule has 13 nitrogen and oxygen atoms in total. The molecule has 0 spiro atoms. The Balaban J connectivity index is 1.84. The highest BCUT2D eigenvalue weighted by Gasteiger charge is 2.43. The fraction of sp³-hybridized carbons (Fsp3) is 0.444. The summed E-state index contributed by atoms with van der Waals surface area (Å²) in [5.41, 5.74) is -0.253. The number of para-hydroxylation sites is 1. The number of aromatic nitrogens is 1. The number of carbonyl (C=O) groups excluding carboxylic acids is 4. The number of ether oxygens (including phenoxy) is 5. The average molecular weight is 561 g/mol. The number of rotatable bonds is 9. The molecule has 2 aromatic rings. The number of methoxy groups -OCH3 is 1. The van der Waals surface area contributed by atoms with Crippen molar-refractivity contribution in [3.63, 3.8) is 0 Å². The molecule has 1 fully saturated rings. The first kappa shape index (κ1) is 30.3. The number of aliphatic hydroxyl groups excluding tert-OH is 1. The number of aromatic hydroxyl groups is 1. The lowest BCUT2D eigenvalue weighted by molar-refractivity contribution is -0.178. The Morgan fingerprint density at radius 3 is 2.50 bits per heavy atom. The Morgan fingerprint density at radius 1 is 1.15 bits per heavy atom. The van der Waals surface area contributed by atoms with E-state index in [-0.39, 0.29) is 17.2 Å². The van der Waals surface area contributed by atoms with E-state index < -0.39 is 79.0 Å². The third kappa shape index (κ3) is 7.67. The molecular weight excluding hydrogens is 528 g/mol. The number of esters is 4. The van der Waals surface area contributed by atoms with Crippen LogP contribution >= 0.6 is 0 Å². The predicted molar refractivity (Wildman–Crippen MR) is 136 cm³/mol. The van der Waals surface area contributed by atoms with E-state index in [1.165, 1.54) is 26.3 Å². The highest BCUT2D eigenvalue weighted by atomic mass is 16.6. The summed E-state index contributed by atoms with van der Waals surface area (Å²) in [5, 5.41) is 23.4. The van der Waals surface area contributed by atoms with Gasteiger partial charge in [0.05, 0.1) is 19.4 Å². The van der Waals surface area contributed by atoms with Gasteiger partial charge in [0, 0.05) is 12.3 Å². The summed E-state index contributed by atoms with van der Waals surface area (Å²) in [4.78, 5) is 55.3. The van der Waals surface area contributed by atoms with E-state index in [1.54, 1.807) is 44.2 Å². The van der Waals surface area contributed by atoms with Crippen molar-refractivity contribution in [1.82, 2.24) is 10.3 Å². The summed E-state index contributed by atoms with van der Waals surface area (Å²) in [6, 6.07) is 8.10. The molecule has 1 aromatic heterocycles. The first-order valence-electron chi connectivity index (χ1n) is 12.5. The molecule has 1 saturated heterocycles. The Hall–Kier alpha value is -4.23. The number of nitrogens with zero attached hydrogens (tertiary/aromatic N) is 1. The maximum absolute atomic E-state index is 13.2. The molecule has 3 N–H and O–H groups in total. The molecule has 0 saturated carbocycles. The SMILES string of the molecule is COc1ccnc(C(O)N[C@H]2COC(=O)[C@H](CC(=O)Oc3ccccc3)[C@@H](OC(=O)C(C)C)[C@H](C)OC2=O)c1O. The van der Waals surface area contributed by atoms with Gasteiger partial charge in [-0.3, -0.25) is 29.5 Å². The molecule has 0 amide bonds. The standard InChI is InChI=1S/C27H32N2O11/c1-14(2)25(33)40-23-15(3)38-27(35)18(29-24(32)21-22(31)19(36-4)10-11-28-21)13-37-26(34)17(23)12-20(30)39-16-8-6-5-7-9-16/h5-11,14-15,17-18,23-24,29,31-32H,12-13H2,1-4H3/t15-,17+,18-,23-,24?/m0/s1. The van der Waals surface area contributed by atoms with Crippen LogP contribution in [0.25, 0.3) is 0 Å². The van der Waals surface area contributed by atoms with Crippen LogP contribution in [0.3, 0.4) is 0 Å². The van der Waals surface area contributed by atoms with Crippen molar-refractivity contribution in [1.29, 1.82) is 0 Å². The molecule has 5 atom stereocenters. The van der Waals surface area contributed by atoms with Gasteiger partial charge in [-0.2, -0.15) is 0 Å². The largest absolute Gasteiger partial charge is 0.503 e. The van der Waals surface area contributed by atoms with E-state index in [2.05, 4.69) is 10.3 Å². The van der Waals surface area contributed by atoms with Crippen molar-refractivity contribution in [2.75, 3.05) is 13.7 Å². The summed E-state index contributed by atoms with van der Waals surface area (Å²) in [6.45, 7) is 3.93. The van der Waals surface area contributed by atoms with Gasteiger partial charge in [0.15, 0.2) is 23.8 Å². The van der Waals surface area contributed by atoms with Gasteiger partial charge in [0.2, 0.25) is 0 Å². The molecule has 1 unspecified atom stereocenters. The topological polar surface area (TPSA) is 180 Å². The van der Waals surface area contributed by atoms with Crippen molar-refractivity contribution in [2.45, 2.75) is 51.7 Å². The number of benzene rings is 1. The van der Waals surface area contributed by atoms with Crippen molar-refractivity contribution < 1.29 is 53.1 Å². The number of aliphatic hydroxyl groups is 1. The van der Waals surface area contributed by atoms with E-state index in [0.717, 1.165) is 0 Å². The van der Waals surface area contributed by atoms with Crippen LogP contribution in [0.15, 0.2) is 42.6 Å². The van der Waals surface area contributed by atoms with Crippen molar-refractivity contribution in [2.24, 2.45) is 11.8 Å². The lowest BCUT2D eigenvalue weighted by Gasteiger charge is -2.29. The zero-order valence-corrected chi connectivity index (χ0v) is 22.4. The van der Waals surface area contributed by atoms with Crippen molar-refractivity contribution in [3.8, 4) is 17.2 Å². The van der Waals surface area contributed by atoms with E-state index >= 15 is 0 Å². The molecule has 13 heteroatoms. The van der Waals surface area contributed by atoms with E-state index in [0.29, 0.717) is 0 Å². The van der Waals surface area contributed by atoms with Gasteiger partial charge >= 0.3 is 23.9 Å². The van der Waals surface area contributed by atoms with Crippen LogP contribution in [0.4, 0.5) is 0 Å². The van der Waals surface area contributed by atoms with Crippen LogP contribution in [0.2, 0.25) is 0 Å². The Labute approximate surface area is 230 Å². The second-order valence-electron chi connectivity index (χ2n) is 9.29. The minimum Gasteiger partial charge on any atom is -0.503 e. The fourth-order valence-electron chi connectivity index (χ4n) is 3.83. The molecule has 0 aliphatic carbocycles. The van der Waals surface area contributed by atoms with Crippen LogP contribution in [0.1, 0.15) is 39.1 Å². The third-order valence-corrected chi connectivity index (χ3v) is 5.98. The minimum atomic E-state index is -1.70. The lowest BCUT2D eigenvalue weighted by Crippen LogP contribution is -2.46. The Kier molecular flexibility index (Phi) is 10.4. The maximum Gasteiger partial charge on any atom is 0.327 e. The molecule has 216 valence electrons. The smallest absolute Gasteiger partial charge is 0.327 e. The zero-order valence-electron chi connectivity index (χ0n) is 22.4. The van der Waals surface area contributed by atoms with Crippen LogP contribution in [0, 0.1) is 11.8 Å². The van der Waals surface area contributed by atoms with Gasteiger partial charge in [-0.1, -0.05) is 32.0 Å². The predicted octanol–water partition coefficient (Wildman–Crippen LogP) is 1.41. The molecule has 2 heterocycles. The minimum absolute atomic E-state index is 0.0305. The average Bonchev–Trinajstić information content (AvgIpc) is 2.95. The molecule has 1 aliphatic heterocycles. The first-order valence-corrected chi connectivity index (χ1v) is 12.5. The quantitative estimate of drug-likeness (QED) is 0.174. The highest BCUT2D eigenvalue weighted by molar-refractivity contribution is 5.83. The Morgan fingerprint density at radius 2 is 1.85 bits per heavy atom. The number of cyclic esters (lactones) is 2. The summed E-state index contributed by atoms with van der Waals surface area (Å²) < 4.78 is 26.6. The second kappa shape index (κ2) is 13.7. The van der Waals surface area contributed by atoms with Gasteiger partial charge in [-0.25, -0.2) is 0 Å². The molecule has 3 rings (SSSR count). The van der Waals surface area contributed by atoms with E-state index in [9.17, 15) is 29.4 Å². The van der Waals surface area contributed by atoms with Gasteiger partial charge < -0.3 is 33.9 Å². The van der Waals surface area contributed by atoms with Crippen LogP contribution < -0.4 is 14.8 Å². The number of hydrogen-bond acceptors (Lipinski definition) is 13. The number of nitrogens with one attached hydrogen (secondary N) is 1. The van der Waals surface area contributed by atoms with Crippen LogP contribution in [-0.2, 0) is 33.4 Å². The van der Waals surface area contributed by atoms with Gasteiger partial charge in [0.25, 0.3) is 0 Å². The van der Waals surface area contributed by atoms with Crippen molar-refractivity contribution >= 4 is 23.9 Å². The van der Waals surface area contributed by atoms with Crippen LogP contribution in [0.5, 0.6) is 17.2 Å². The van der Waals surface area contributed by atoms with Crippen molar-refractivity contribution in [3.05, 3.63) is 48.3 Å². The second-order valence-corrected chi connectivity index (χ2v) is 9.29. The van der Waals surface area contributed by atoms with E-state index in [4.69, 9.17) is 23.7 Å². The molecule has 40 heavy (non-hydrogen) atoms. The summed E-state index contributed by atoms with van der Waals surface area (Å²) >= 11 is 0. The van der Waals surface area contributed by atoms with Gasteiger partial charge in [-0.05, 0) is 19.1 Å². The number of carbonyl (C=O) groups is 4. The molecule has 0 bridgehead atoms. The monoisotopic (exact) mass is 560 g/mol. The number of pyridine rings is 1. The molecular formula is C27H32N2O11. The van der Waals surface area contributed by atoms with Gasteiger partial charge in [0.1, 0.15) is 36.1 Å². The highest BCUT2D eigenvalue weighted by Crippen LogP contribution is 2.31. The maximum atomic E-state index is 13.2. The molecule has 1 aromatic carbocycles. The van der Waals surface area contributed by atoms with E-state index in [1.807, 2.05) is 0 Å². The van der Waals surface area contributed by atoms with Gasteiger partial charge in [-0.15, -0.1) is 0 Å². The zero-order chi connectivity index (χ0) is 29.4. The molecule has 0 radical (unpaired) electrons. The Bertz CT molecular complexity index is 1200.